The van der Waals surface area contributed by atoms with Crippen molar-refractivity contribution in [2.75, 3.05) is 0 Å². The van der Waals surface area contributed by atoms with Gasteiger partial charge in [-0.05, 0) is 67.5 Å². The Bertz CT molecular complexity index is 1280. The Kier molecular flexibility index (Phi) is 5.77. The smallest absolute Gasteiger partial charge is 0.274 e. The van der Waals surface area contributed by atoms with Gasteiger partial charge in [0, 0.05) is 17.2 Å². The number of aromatic nitrogens is 2. The van der Waals surface area contributed by atoms with Crippen LogP contribution < -0.4 is 14.6 Å². The molecular weight excluding hydrogens is 434 g/mol. The highest BCUT2D eigenvalue weighted by molar-refractivity contribution is 7.87. The maximum Gasteiger partial charge on any atom is 0.274 e. The van der Waals surface area contributed by atoms with Crippen LogP contribution in [0.3, 0.4) is 0 Å². The molecule has 1 atom stereocenters. The highest BCUT2D eigenvalue weighted by Gasteiger charge is 2.28. The first-order chi connectivity index (χ1) is 14.7. The van der Waals surface area contributed by atoms with Crippen LogP contribution in [0.5, 0.6) is 5.75 Å². The number of fused-ring (bicyclic) bond motifs is 1. The van der Waals surface area contributed by atoms with E-state index in [0.717, 1.165) is 27.3 Å². The monoisotopic (exact) mass is 455 g/mol. The van der Waals surface area contributed by atoms with Gasteiger partial charge in [0.05, 0.1) is 11.7 Å². The summed E-state index contributed by atoms with van der Waals surface area (Å²) < 4.78 is 35.6. The maximum atomic E-state index is 11.5. The summed E-state index contributed by atoms with van der Waals surface area (Å²) in [7, 11) is -3.79. The molecule has 3 aromatic rings. The summed E-state index contributed by atoms with van der Waals surface area (Å²) in [5, 5.41) is 15.4. The summed E-state index contributed by atoms with van der Waals surface area (Å²) in [5.74, 6) is 1.06. The van der Waals surface area contributed by atoms with Crippen molar-refractivity contribution in [1.82, 2.24) is 14.1 Å². The van der Waals surface area contributed by atoms with E-state index < -0.39 is 10.2 Å². The molecule has 0 saturated heterocycles. The molecule has 0 fully saturated rings. The summed E-state index contributed by atoms with van der Waals surface area (Å²) in [5.41, 5.74) is 4.05. The van der Waals surface area contributed by atoms with Crippen LogP contribution in [-0.2, 0) is 16.6 Å². The van der Waals surface area contributed by atoms with Gasteiger partial charge in [-0.3, -0.25) is 0 Å². The topological polar surface area (TPSA) is 131 Å². The van der Waals surface area contributed by atoms with Crippen molar-refractivity contribution < 1.29 is 13.2 Å². The summed E-state index contributed by atoms with van der Waals surface area (Å²) in [6.45, 7) is 3.81. The van der Waals surface area contributed by atoms with E-state index in [1.807, 2.05) is 38.1 Å². The standard InChI is InChI=1S/C21H21N5O3S2/c1-12(2)29-19-9-6-13(10-14(19)11-22)20-24-21(30-25-20)17-5-3-4-16-15(17)7-8-18(16)26-31(23,27)28/h3-6,9-10,12,18,26H,7-8H2,1-2H3,(H2,23,27,28)/t18-/m1/s1. The van der Waals surface area contributed by atoms with Gasteiger partial charge in [-0.25, -0.2) is 10.1 Å². The molecule has 1 heterocycles. The fourth-order valence-electron chi connectivity index (χ4n) is 3.74. The van der Waals surface area contributed by atoms with E-state index in [1.165, 1.54) is 11.5 Å². The van der Waals surface area contributed by atoms with Gasteiger partial charge in [-0.2, -0.15) is 22.8 Å². The van der Waals surface area contributed by atoms with Crippen molar-refractivity contribution in [3.8, 4) is 33.8 Å². The third kappa shape index (κ3) is 4.60. The Morgan fingerprint density at radius 1 is 1.32 bits per heavy atom. The first kappa shape index (κ1) is 21.4. The molecule has 10 heteroatoms. The Balaban J connectivity index is 1.66. The van der Waals surface area contributed by atoms with Crippen molar-refractivity contribution in [2.24, 2.45) is 5.14 Å². The second kappa shape index (κ2) is 8.36. The van der Waals surface area contributed by atoms with Gasteiger partial charge in [-0.15, -0.1) is 0 Å². The SMILES string of the molecule is CC(C)Oc1ccc(-c2nsc(-c3cccc4c3CC[C@H]4NS(N)(=O)=O)n2)cc1C#N. The van der Waals surface area contributed by atoms with Crippen LogP contribution in [0.2, 0.25) is 0 Å². The summed E-state index contributed by atoms with van der Waals surface area (Å²) >= 11 is 1.27. The predicted molar refractivity (Wildman–Crippen MR) is 119 cm³/mol. The second-order valence-corrected chi connectivity index (χ2v) is 9.62. The molecule has 0 radical (unpaired) electrons. The first-order valence-electron chi connectivity index (χ1n) is 9.72. The second-order valence-electron chi connectivity index (χ2n) is 7.54. The van der Waals surface area contributed by atoms with Gasteiger partial charge in [0.15, 0.2) is 5.82 Å². The molecule has 31 heavy (non-hydrogen) atoms. The lowest BCUT2D eigenvalue weighted by Crippen LogP contribution is -2.33. The molecule has 8 nitrogen and oxygen atoms in total. The lowest BCUT2D eigenvalue weighted by atomic mass is 10.0. The van der Waals surface area contributed by atoms with E-state index >= 15 is 0 Å². The molecule has 0 aliphatic heterocycles. The van der Waals surface area contributed by atoms with Crippen molar-refractivity contribution >= 4 is 21.7 Å². The highest BCUT2D eigenvalue weighted by atomic mass is 32.2. The Morgan fingerprint density at radius 2 is 2.13 bits per heavy atom. The molecule has 0 amide bonds. The molecule has 0 spiro atoms. The zero-order chi connectivity index (χ0) is 22.2. The number of nitrogens with one attached hydrogen (secondary N) is 1. The molecule has 0 saturated carbocycles. The summed E-state index contributed by atoms with van der Waals surface area (Å²) in [6, 6.07) is 12.9. The lowest BCUT2D eigenvalue weighted by molar-refractivity contribution is 0.242. The minimum absolute atomic E-state index is 0.0327. The number of nitriles is 1. The Morgan fingerprint density at radius 3 is 2.84 bits per heavy atom. The van der Waals surface area contributed by atoms with Crippen LogP contribution in [-0.4, -0.2) is 23.9 Å². The largest absolute Gasteiger partial charge is 0.490 e. The molecule has 160 valence electrons. The Labute approximate surface area is 185 Å². The molecule has 1 aromatic heterocycles. The highest BCUT2D eigenvalue weighted by Crippen LogP contribution is 2.39. The number of benzene rings is 2. The van der Waals surface area contributed by atoms with E-state index in [2.05, 4.69) is 20.1 Å². The minimum Gasteiger partial charge on any atom is -0.490 e. The van der Waals surface area contributed by atoms with E-state index in [1.54, 1.807) is 12.1 Å². The molecule has 2 aromatic carbocycles. The van der Waals surface area contributed by atoms with Gasteiger partial charge < -0.3 is 4.74 Å². The molecule has 1 aliphatic rings. The number of hydrogen-bond acceptors (Lipinski definition) is 7. The van der Waals surface area contributed by atoms with Crippen molar-refractivity contribution in [3.05, 3.63) is 53.1 Å². The molecule has 0 unspecified atom stereocenters. The number of hydrogen-bond donors (Lipinski definition) is 2. The predicted octanol–water partition coefficient (Wildman–Crippen LogP) is 3.31. The fraction of sp³-hybridized carbons (Fsp3) is 0.286. The third-order valence-corrected chi connectivity index (χ3v) is 6.32. The average molecular weight is 456 g/mol. The van der Waals surface area contributed by atoms with E-state index in [-0.39, 0.29) is 12.1 Å². The molecule has 3 N–H and O–H groups in total. The van der Waals surface area contributed by atoms with Gasteiger partial charge in [0.25, 0.3) is 10.2 Å². The molecular formula is C21H21N5O3S2. The van der Waals surface area contributed by atoms with Crippen LogP contribution in [0.15, 0.2) is 36.4 Å². The van der Waals surface area contributed by atoms with Crippen LogP contribution in [0.4, 0.5) is 0 Å². The van der Waals surface area contributed by atoms with Crippen LogP contribution in [0, 0.1) is 11.3 Å². The number of rotatable bonds is 6. The fourth-order valence-corrected chi connectivity index (χ4v) is 5.12. The number of nitrogens with zero attached hydrogens (tertiary/aromatic N) is 3. The van der Waals surface area contributed by atoms with Crippen molar-refractivity contribution in [1.29, 1.82) is 5.26 Å². The maximum absolute atomic E-state index is 11.5. The lowest BCUT2D eigenvalue weighted by Gasteiger charge is -2.12. The first-order valence-corrected chi connectivity index (χ1v) is 12.0. The summed E-state index contributed by atoms with van der Waals surface area (Å²) in [4.78, 5) is 4.69. The van der Waals surface area contributed by atoms with Gasteiger partial charge in [0.1, 0.15) is 16.8 Å². The van der Waals surface area contributed by atoms with Gasteiger partial charge >= 0.3 is 0 Å². The quantitative estimate of drug-likeness (QED) is 0.586. The van der Waals surface area contributed by atoms with E-state index in [0.29, 0.717) is 30.0 Å². The molecule has 0 bridgehead atoms. The minimum atomic E-state index is -3.79. The number of nitrogens with two attached hydrogens (primary N) is 1. The normalized spacial score (nSPS) is 15.6. The van der Waals surface area contributed by atoms with E-state index in [4.69, 9.17) is 9.88 Å². The Hall–Kier alpha value is -2.84. The van der Waals surface area contributed by atoms with Gasteiger partial charge in [0.2, 0.25) is 0 Å². The van der Waals surface area contributed by atoms with Gasteiger partial charge in [-0.1, -0.05) is 18.2 Å². The van der Waals surface area contributed by atoms with E-state index in [9.17, 15) is 13.7 Å². The van der Waals surface area contributed by atoms with Crippen LogP contribution >= 0.6 is 11.5 Å². The van der Waals surface area contributed by atoms with Crippen molar-refractivity contribution in [2.45, 2.75) is 38.8 Å². The zero-order valence-corrected chi connectivity index (χ0v) is 18.6. The zero-order valence-electron chi connectivity index (χ0n) is 17.0. The molecule has 1 aliphatic carbocycles. The molecule has 4 rings (SSSR count). The summed E-state index contributed by atoms with van der Waals surface area (Å²) in [6.07, 6.45) is 1.32. The van der Waals surface area contributed by atoms with Crippen LogP contribution in [0.25, 0.3) is 22.0 Å². The third-order valence-electron chi connectivity index (χ3n) is 4.95. The van der Waals surface area contributed by atoms with Crippen LogP contribution in [0.1, 0.15) is 43.0 Å². The average Bonchev–Trinajstić information content (AvgIpc) is 3.34. The van der Waals surface area contributed by atoms with Crippen molar-refractivity contribution in [3.63, 3.8) is 0 Å². The number of ether oxygens (including phenoxy) is 1.